The van der Waals surface area contributed by atoms with E-state index < -0.39 is 23.6 Å². The molecule has 12 nitrogen and oxygen atoms in total. The molecule has 8 aromatic rings. The van der Waals surface area contributed by atoms with Gasteiger partial charge in [0.15, 0.2) is 0 Å². The number of aromatic nitrogens is 2. The van der Waals surface area contributed by atoms with E-state index in [1.54, 1.807) is 32.7 Å². The molecule has 3 fully saturated rings. The van der Waals surface area contributed by atoms with Crippen molar-refractivity contribution < 1.29 is 37.7 Å². The SMILES string of the molecule is COc1cc(OC)cc(-c2cc(CCCOC(=O)[C@H](Cc3cn(C(c4ccccc4)(c4ccccc4)c4ccccc4)cn3)NC(=O)OCC3c4ccccc4-c4ccccc43)c(C=C3SC(=S)N(C4CC5CCC4C5)C3=O)o2)c1. The predicted molar refractivity (Wildman–Crippen MR) is 313 cm³/mol. The Bertz CT molecular complexity index is 3450. The molecule has 404 valence electrons. The minimum Gasteiger partial charge on any atom is -0.497 e. The van der Waals surface area contributed by atoms with E-state index in [2.05, 4.69) is 70.5 Å². The molecule has 0 radical (unpaired) electrons. The van der Waals surface area contributed by atoms with Gasteiger partial charge in [0.05, 0.1) is 37.8 Å². The summed E-state index contributed by atoms with van der Waals surface area (Å²) < 4.78 is 32.6. The summed E-state index contributed by atoms with van der Waals surface area (Å²) in [6.07, 6.45) is 10.1. The van der Waals surface area contributed by atoms with Crippen LogP contribution < -0.4 is 14.8 Å². The second kappa shape index (κ2) is 22.9. The molecule has 2 amide bonds. The fourth-order valence-electron chi connectivity index (χ4n) is 12.6. The summed E-state index contributed by atoms with van der Waals surface area (Å²) in [5.74, 6) is 2.43. The number of nitrogens with one attached hydrogen (secondary N) is 1. The number of thiocarbonyl (C=S) groups is 1. The van der Waals surface area contributed by atoms with Gasteiger partial charge in [-0.3, -0.25) is 9.69 Å². The maximum absolute atomic E-state index is 14.6. The summed E-state index contributed by atoms with van der Waals surface area (Å²) in [5, 5.41) is 2.89. The predicted octanol–water partition coefficient (Wildman–Crippen LogP) is 13.0. The second-order valence-electron chi connectivity index (χ2n) is 21.0. The first-order valence-electron chi connectivity index (χ1n) is 27.3. The largest absolute Gasteiger partial charge is 0.497 e. The Morgan fingerprint density at radius 1 is 0.787 bits per heavy atom. The van der Waals surface area contributed by atoms with Gasteiger partial charge in [-0.25, -0.2) is 14.6 Å². The van der Waals surface area contributed by atoms with Gasteiger partial charge in [-0.15, -0.1) is 0 Å². The molecule has 3 heterocycles. The van der Waals surface area contributed by atoms with Crippen molar-refractivity contribution in [2.75, 3.05) is 27.4 Å². The van der Waals surface area contributed by atoms with Crippen molar-refractivity contribution in [3.8, 4) is 33.9 Å². The van der Waals surface area contributed by atoms with Gasteiger partial charge >= 0.3 is 12.1 Å². The van der Waals surface area contributed by atoms with Crippen LogP contribution in [0.4, 0.5) is 4.79 Å². The number of amides is 2. The summed E-state index contributed by atoms with van der Waals surface area (Å²) in [6.45, 7) is 0.0712. The lowest BCUT2D eigenvalue weighted by molar-refractivity contribution is -0.146. The monoisotopic (exact) mass is 1100 g/mol. The lowest BCUT2D eigenvalue weighted by Crippen LogP contribution is -2.44. The first-order chi connectivity index (χ1) is 39.2. The Kier molecular flexibility index (Phi) is 15.0. The van der Waals surface area contributed by atoms with Crippen LogP contribution in [0.1, 0.15) is 82.9 Å². The van der Waals surface area contributed by atoms with Gasteiger partial charge in [0.1, 0.15) is 45.5 Å². The maximum Gasteiger partial charge on any atom is 0.407 e. The van der Waals surface area contributed by atoms with Crippen LogP contribution in [0.3, 0.4) is 0 Å². The van der Waals surface area contributed by atoms with Crippen molar-refractivity contribution in [1.82, 2.24) is 19.8 Å². The summed E-state index contributed by atoms with van der Waals surface area (Å²) in [4.78, 5) is 50.1. The molecule has 3 aliphatic carbocycles. The number of esters is 1. The van der Waals surface area contributed by atoms with Crippen molar-refractivity contribution in [3.63, 3.8) is 0 Å². The first-order valence-corrected chi connectivity index (χ1v) is 28.5. The molecule has 0 spiro atoms. The molecule has 2 saturated carbocycles. The molecular formula is C66H60N4O8S2. The van der Waals surface area contributed by atoms with Crippen molar-refractivity contribution in [2.24, 2.45) is 11.8 Å². The fraction of sp³-hybridized carbons (Fsp3) is 0.258. The quantitative estimate of drug-likeness (QED) is 0.0273. The summed E-state index contributed by atoms with van der Waals surface area (Å²) in [5.41, 5.74) is 8.62. The van der Waals surface area contributed by atoms with E-state index >= 15 is 0 Å². The van der Waals surface area contributed by atoms with E-state index in [1.165, 1.54) is 18.2 Å². The third kappa shape index (κ3) is 10.2. The molecule has 14 heteroatoms. The molecule has 2 bridgehead atoms. The van der Waals surface area contributed by atoms with E-state index in [0.29, 0.717) is 62.6 Å². The van der Waals surface area contributed by atoms with Crippen LogP contribution >= 0.6 is 24.0 Å². The molecule has 3 unspecified atom stereocenters. The molecule has 6 aromatic carbocycles. The van der Waals surface area contributed by atoms with Gasteiger partial charge in [-0.1, -0.05) is 170 Å². The Hall–Kier alpha value is -8.20. The molecule has 80 heavy (non-hydrogen) atoms. The third-order valence-corrected chi connectivity index (χ3v) is 17.7. The van der Waals surface area contributed by atoms with Crippen LogP contribution in [0.25, 0.3) is 28.5 Å². The van der Waals surface area contributed by atoms with Gasteiger partial charge in [0.2, 0.25) is 0 Å². The third-order valence-electron chi connectivity index (χ3n) is 16.4. The van der Waals surface area contributed by atoms with E-state index in [4.69, 9.17) is 40.6 Å². The van der Waals surface area contributed by atoms with Crippen LogP contribution in [0.2, 0.25) is 0 Å². The van der Waals surface area contributed by atoms with Crippen molar-refractivity contribution in [3.05, 3.63) is 226 Å². The zero-order valence-electron chi connectivity index (χ0n) is 44.5. The van der Waals surface area contributed by atoms with Gasteiger partial charge < -0.3 is 33.2 Å². The summed E-state index contributed by atoms with van der Waals surface area (Å²) in [6, 6.07) is 53.5. The second-order valence-corrected chi connectivity index (χ2v) is 22.6. The Balaban J connectivity index is 0.813. The average molecular weight is 1100 g/mol. The number of hydrogen-bond donors (Lipinski definition) is 1. The van der Waals surface area contributed by atoms with Crippen LogP contribution in [-0.4, -0.2) is 76.3 Å². The van der Waals surface area contributed by atoms with Gasteiger partial charge in [0, 0.05) is 42.3 Å². The Labute approximate surface area is 475 Å². The number of ether oxygens (including phenoxy) is 4. The fourth-order valence-corrected chi connectivity index (χ4v) is 14.0. The Morgan fingerprint density at radius 3 is 1.99 bits per heavy atom. The highest BCUT2D eigenvalue weighted by molar-refractivity contribution is 8.26. The highest BCUT2D eigenvalue weighted by atomic mass is 32.2. The number of alkyl carbamates (subject to hydrolysis) is 1. The lowest BCUT2D eigenvalue weighted by atomic mass is 9.77. The maximum atomic E-state index is 14.6. The molecule has 4 aliphatic rings. The molecule has 4 atom stereocenters. The molecule has 1 N–H and O–H groups in total. The molecule has 1 saturated heterocycles. The normalized spacial score (nSPS) is 18.3. The van der Waals surface area contributed by atoms with Crippen LogP contribution in [0.15, 0.2) is 186 Å². The number of carbonyl (C=O) groups is 3. The van der Waals surface area contributed by atoms with Gasteiger partial charge in [-0.05, 0) is 107 Å². The number of thioether (sulfide) groups is 1. The number of aryl methyl sites for hydroxylation is 1. The van der Waals surface area contributed by atoms with Crippen LogP contribution in [0, 0.1) is 11.8 Å². The summed E-state index contributed by atoms with van der Waals surface area (Å²) >= 11 is 7.17. The number of nitrogens with zero attached hydrogens (tertiary/aromatic N) is 3. The van der Waals surface area contributed by atoms with Crippen molar-refractivity contribution in [1.29, 1.82) is 0 Å². The number of rotatable bonds is 19. The molecule has 12 rings (SSSR count). The zero-order valence-corrected chi connectivity index (χ0v) is 46.1. The Morgan fingerprint density at radius 2 is 1.40 bits per heavy atom. The lowest BCUT2D eigenvalue weighted by Gasteiger charge is -2.37. The van der Waals surface area contributed by atoms with Gasteiger partial charge in [-0.2, -0.15) is 0 Å². The molecular weight excluding hydrogens is 1040 g/mol. The van der Waals surface area contributed by atoms with Crippen LogP contribution in [-0.2, 0) is 37.4 Å². The standard InChI is InChI=1S/C66H60N4O8S2/c1-74-50-33-45(34-51(37-50)75-2)59-35-44(60(78-59)38-61-62(71)70(65(79)80-61)58-32-42-28-29-43(58)31-42)17-16-30-76-63(72)57(68-64(73)77-40-56-54-26-14-12-24-52(54)53-25-13-15-27-55(53)56)36-49-39-69(41-67-49)66(46-18-6-3-7-19-46,47-20-8-4-9-21-47)48-22-10-5-11-23-48/h3-15,18-27,33-35,37-39,41-43,56-58H,16-17,28-32,36,40H2,1-2H3,(H,68,73)/t42?,43?,57-,58?/m0/s1. The van der Waals surface area contributed by atoms with Gasteiger partial charge in [0.25, 0.3) is 5.91 Å². The number of hydrogen-bond acceptors (Lipinski definition) is 11. The van der Waals surface area contributed by atoms with E-state index in [1.807, 2.05) is 108 Å². The summed E-state index contributed by atoms with van der Waals surface area (Å²) in [7, 11) is 3.19. The molecule has 1 aliphatic heterocycles. The highest BCUT2D eigenvalue weighted by Gasteiger charge is 2.48. The molecule has 2 aromatic heterocycles. The van der Waals surface area contributed by atoms with E-state index in [-0.39, 0.29) is 37.5 Å². The number of fused-ring (bicyclic) bond motifs is 5. The van der Waals surface area contributed by atoms with E-state index in [9.17, 15) is 14.4 Å². The minimum absolute atomic E-state index is 0.00409. The number of benzene rings is 6. The smallest absolute Gasteiger partial charge is 0.407 e. The topological polar surface area (TPSA) is 134 Å². The minimum atomic E-state index is -1.18. The van der Waals surface area contributed by atoms with Crippen LogP contribution in [0.5, 0.6) is 11.5 Å². The van der Waals surface area contributed by atoms with Crippen molar-refractivity contribution >= 4 is 52.3 Å². The zero-order chi connectivity index (χ0) is 54.7. The number of furan rings is 1. The number of methoxy groups -OCH3 is 2. The average Bonchev–Trinajstić information content (AvgIpc) is 4.46. The highest BCUT2D eigenvalue weighted by Crippen LogP contribution is 2.50. The number of carbonyl (C=O) groups excluding carboxylic acids is 3. The van der Waals surface area contributed by atoms with Crippen molar-refractivity contribution in [2.45, 2.75) is 68.5 Å². The van der Waals surface area contributed by atoms with E-state index in [0.717, 1.165) is 69.3 Å². The first kappa shape index (κ1) is 52.5. The number of imidazole rings is 1.